The van der Waals surface area contributed by atoms with Crippen LogP contribution in [0.15, 0.2) is 18.2 Å². The number of ether oxygens (including phenoxy) is 2. The Balaban J connectivity index is 1.95. The molecule has 0 bridgehead atoms. The van der Waals surface area contributed by atoms with Crippen LogP contribution in [0.3, 0.4) is 0 Å². The first kappa shape index (κ1) is 13.7. The molecule has 0 spiro atoms. The number of carbonyl (C=O) groups is 2. The Morgan fingerprint density at radius 3 is 2.62 bits per heavy atom. The number of rotatable bonds is 1. The Morgan fingerprint density at radius 2 is 1.86 bits per heavy atom. The van der Waals surface area contributed by atoms with Gasteiger partial charge in [0.15, 0.2) is 11.5 Å². The summed E-state index contributed by atoms with van der Waals surface area (Å²) in [7, 11) is 0. The van der Waals surface area contributed by atoms with Crippen molar-refractivity contribution in [1.82, 2.24) is 5.32 Å². The summed E-state index contributed by atoms with van der Waals surface area (Å²) in [6, 6.07) is 5.40. The van der Waals surface area contributed by atoms with Crippen LogP contribution in [0.25, 0.3) is 0 Å². The summed E-state index contributed by atoms with van der Waals surface area (Å²) >= 11 is 0. The molecule has 0 saturated carbocycles. The van der Waals surface area contributed by atoms with Gasteiger partial charge < -0.3 is 19.7 Å². The maximum Gasteiger partial charge on any atom is 0.252 e. The summed E-state index contributed by atoms with van der Waals surface area (Å²) in [5, 5.41) is 2.74. The van der Waals surface area contributed by atoms with E-state index in [1.165, 1.54) is 0 Å². The standard InChI is InChI=1S/C15H18N2O4/c1-15(2)14(19)17(6-5-13(18)16-15)10-3-4-11-12(9-10)21-8-7-20-11/h3-4,9H,5-8H2,1-2H3,(H,16,18). The molecule has 2 aliphatic rings. The Morgan fingerprint density at radius 1 is 1.14 bits per heavy atom. The smallest absolute Gasteiger partial charge is 0.252 e. The number of nitrogens with zero attached hydrogens (tertiary/aromatic N) is 1. The number of hydrogen-bond acceptors (Lipinski definition) is 4. The zero-order valence-corrected chi connectivity index (χ0v) is 12.1. The van der Waals surface area contributed by atoms with Crippen LogP contribution in [0.1, 0.15) is 20.3 Å². The summed E-state index contributed by atoms with van der Waals surface area (Å²) < 4.78 is 11.0. The summed E-state index contributed by atoms with van der Waals surface area (Å²) in [4.78, 5) is 26.0. The van der Waals surface area contributed by atoms with Crippen LogP contribution in [0.5, 0.6) is 11.5 Å². The lowest BCUT2D eigenvalue weighted by molar-refractivity contribution is -0.128. The van der Waals surface area contributed by atoms with E-state index in [0.29, 0.717) is 36.9 Å². The van der Waals surface area contributed by atoms with E-state index in [9.17, 15) is 9.59 Å². The molecule has 2 amide bonds. The van der Waals surface area contributed by atoms with Gasteiger partial charge in [-0.05, 0) is 26.0 Å². The molecule has 2 heterocycles. The summed E-state index contributed by atoms with van der Waals surface area (Å²) in [6.45, 7) is 4.80. The molecule has 1 aromatic carbocycles. The largest absolute Gasteiger partial charge is 0.486 e. The van der Waals surface area contributed by atoms with E-state index in [1.807, 2.05) is 6.07 Å². The van der Waals surface area contributed by atoms with Crippen molar-refractivity contribution in [2.75, 3.05) is 24.7 Å². The SMILES string of the molecule is CC1(C)NC(=O)CCN(c2ccc3c(c2)OCCO3)C1=O. The van der Waals surface area contributed by atoms with Crippen LogP contribution >= 0.6 is 0 Å². The van der Waals surface area contributed by atoms with Crippen molar-refractivity contribution in [3.8, 4) is 11.5 Å². The van der Waals surface area contributed by atoms with Gasteiger partial charge in [-0.15, -0.1) is 0 Å². The lowest BCUT2D eigenvalue weighted by Crippen LogP contribution is -2.53. The molecule has 0 aliphatic carbocycles. The fourth-order valence-corrected chi connectivity index (χ4v) is 2.56. The fraction of sp³-hybridized carbons (Fsp3) is 0.467. The maximum atomic E-state index is 12.6. The third kappa shape index (κ3) is 2.53. The molecule has 2 aliphatic heterocycles. The van der Waals surface area contributed by atoms with Gasteiger partial charge >= 0.3 is 0 Å². The van der Waals surface area contributed by atoms with Crippen LogP contribution in [0, 0.1) is 0 Å². The third-order valence-corrected chi connectivity index (χ3v) is 3.63. The lowest BCUT2D eigenvalue weighted by Gasteiger charge is -2.29. The van der Waals surface area contributed by atoms with Crippen molar-refractivity contribution in [1.29, 1.82) is 0 Å². The molecule has 21 heavy (non-hydrogen) atoms. The van der Waals surface area contributed by atoms with E-state index in [1.54, 1.807) is 30.9 Å². The highest BCUT2D eigenvalue weighted by Crippen LogP contribution is 2.35. The number of nitrogens with one attached hydrogen (secondary N) is 1. The first-order chi connectivity index (χ1) is 9.97. The van der Waals surface area contributed by atoms with E-state index in [0.717, 1.165) is 0 Å². The summed E-state index contributed by atoms with van der Waals surface area (Å²) in [5.74, 6) is 1.06. The van der Waals surface area contributed by atoms with Gasteiger partial charge in [-0.1, -0.05) is 0 Å². The van der Waals surface area contributed by atoms with Crippen molar-refractivity contribution >= 4 is 17.5 Å². The monoisotopic (exact) mass is 290 g/mol. The summed E-state index contributed by atoms with van der Waals surface area (Å²) in [6.07, 6.45) is 0.281. The first-order valence-corrected chi connectivity index (χ1v) is 7.00. The van der Waals surface area contributed by atoms with E-state index >= 15 is 0 Å². The minimum atomic E-state index is -0.916. The second-order valence-electron chi connectivity index (χ2n) is 5.71. The molecule has 6 nitrogen and oxygen atoms in total. The molecule has 0 radical (unpaired) electrons. The molecule has 1 aromatic rings. The van der Waals surface area contributed by atoms with Crippen LogP contribution < -0.4 is 19.7 Å². The van der Waals surface area contributed by atoms with Crippen molar-refractivity contribution in [3.05, 3.63) is 18.2 Å². The van der Waals surface area contributed by atoms with E-state index in [2.05, 4.69) is 5.32 Å². The molecule has 1 saturated heterocycles. The van der Waals surface area contributed by atoms with Crippen molar-refractivity contribution in [2.45, 2.75) is 25.8 Å². The van der Waals surface area contributed by atoms with Crippen LogP contribution in [-0.2, 0) is 9.59 Å². The van der Waals surface area contributed by atoms with Gasteiger partial charge in [0.2, 0.25) is 5.91 Å². The normalized spacial score (nSPS) is 20.8. The first-order valence-electron chi connectivity index (χ1n) is 7.00. The number of anilines is 1. The highest BCUT2D eigenvalue weighted by atomic mass is 16.6. The van der Waals surface area contributed by atoms with Gasteiger partial charge in [-0.25, -0.2) is 0 Å². The van der Waals surface area contributed by atoms with Gasteiger partial charge in [-0.2, -0.15) is 0 Å². The Kier molecular flexibility index (Phi) is 3.23. The van der Waals surface area contributed by atoms with Crippen LogP contribution in [0.4, 0.5) is 5.69 Å². The molecular formula is C15H18N2O4. The van der Waals surface area contributed by atoms with E-state index in [4.69, 9.17) is 9.47 Å². The molecule has 6 heteroatoms. The number of hydrogen-bond donors (Lipinski definition) is 1. The van der Waals surface area contributed by atoms with Gasteiger partial charge in [0.25, 0.3) is 5.91 Å². The Bertz CT molecular complexity index is 597. The predicted octanol–water partition coefficient (Wildman–Crippen LogP) is 1.09. The van der Waals surface area contributed by atoms with E-state index in [-0.39, 0.29) is 18.2 Å². The topological polar surface area (TPSA) is 67.9 Å². The zero-order chi connectivity index (χ0) is 15.0. The quantitative estimate of drug-likeness (QED) is 0.840. The van der Waals surface area contributed by atoms with Gasteiger partial charge in [0.05, 0.1) is 0 Å². The molecule has 0 atom stereocenters. The maximum absolute atomic E-state index is 12.6. The minimum Gasteiger partial charge on any atom is -0.486 e. The Hall–Kier alpha value is -2.24. The fourth-order valence-electron chi connectivity index (χ4n) is 2.56. The van der Waals surface area contributed by atoms with Crippen LogP contribution in [0.2, 0.25) is 0 Å². The van der Waals surface area contributed by atoms with Crippen LogP contribution in [-0.4, -0.2) is 37.1 Å². The van der Waals surface area contributed by atoms with Gasteiger partial charge in [0.1, 0.15) is 18.8 Å². The molecule has 1 fully saturated rings. The third-order valence-electron chi connectivity index (χ3n) is 3.63. The van der Waals surface area contributed by atoms with Crippen molar-refractivity contribution in [3.63, 3.8) is 0 Å². The number of benzene rings is 1. The molecule has 112 valence electrons. The van der Waals surface area contributed by atoms with Gasteiger partial charge in [-0.3, -0.25) is 9.59 Å². The average molecular weight is 290 g/mol. The molecule has 0 aromatic heterocycles. The molecule has 1 N–H and O–H groups in total. The predicted molar refractivity (Wildman–Crippen MR) is 76.6 cm³/mol. The molecular weight excluding hydrogens is 272 g/mol. The second-order valence-corrected chi connectivity index (χ2v) is 5.71. The minimum absolute atomic E-state index is 0.117. The van der Waals surface area contributed by atoms with Crippen molar-refractivity contribution < 1.29 is 19.1 Å². The number of carbonyl (C=O) groups excluding carboxylic acids is 2. The highest BCUT2D eigenvalue weighted by molar-refractivity contribution is 6.03. The molecule has 0 unspecified atom stereocenters. The average Bonchev–Trinajstić information content (AvgIpc) is 2.55. The van der Waals surface area contributed by atoms with Gasteiger partial charge in [0, 0.05) is 24.7 Å². The molecule has 3 rings (SSSR count). The van der Waals surface area contributed by atoms with Crippen molar-refractivity contribution in [2.24, 2.45) is 0 Å². The Labute approximate surface area is 123 Å². The van der Waals surface area contributed by atoms with E-state index < -0.39 is 5.54 Å². The highest BCUT2D eigenvalue weighted by Gasteiger charge is 2.37. The number of amides is 2. The lowest BCUT2D eigenvalue weighted by atomic mass is 10.0. The second kappa shape index (κ2) is 4.95. The zero-order valence-electron chi connectivity index (χ0n) is 12.1. The number of fused-ring (bicyclic) bond motifs is 1. The summed E-state index contributed by atoms with van der Waals surface area (Å²) in [5.41, 5.74) is -0.199.